The first-order valence-electron chi connectivity index (χ1n) is 10.6. The van der Waals surface area contributed by atoms with Crippen LogP contribution in [0.1, 0.15) is 40.0 Å². The summed E-state index contributed by atoms with van der Waals surface area (Å²) >= 11 is 0. The zero-order chi connectivity index (χ0) is 20.6. The number of ether oxygens (including phenoxy) is 2. The summed E-state index contributed by atoms with van der Waals surface area (Å²) in [5.41, 5.74) is 0.875. The smallest absolute Gasteiger partial charge is 0.313 e. The summed E-state index contributed by atoms with van der Waals surface area (Å²) < 4.78 is 16.0. The van der Waals surface area contributed by atoms with Crippen LogP contribution in [0.5, 0.6) is 0 Å². The minimum Gasteiger partial charge on any atom is -0.473 e. The Bertz CT molecular complexity index is 790. The molecule has 1 saturated carbocycles. The van der Waals surface area contributed by atoms with Gasteiger partial charge in [0.05, 0.1) is 31.2 Å². The maximum atomic E-state index is 12.7. The van der Waals surface area contributed by atoms with Gasteiger partial charge in [-0.2, -0.15) is 0 Å². The Morgan fingerprint density at radius 3 is 2.52 bits per heavy atom. The highest BCUT2D eigenvalue weighted by Gasteiger charge is 2.55. The van der Waals surface area contributed by atoms with Gasteiger partial charge in [-0.3, -0.25) is 9.59 Å². The van der Waals surface area contributed by atoms with Crippen LogP contribution in [0, 0.1) is 29.1 Å². The largest absolute Gasteiger partial charge is 0.473 e. The molecule has 0 spiro atoms. The number of hydrogen-bond donors (Lipinski definition) is 0. The van der Waals surface area contributed by atoms with Crippen LogP contribution in [0.3, 0.4) is 0 Å². The first-order valence-corrected chi connectivity index (χ1v) is 10.6. The van der Waals surface area contributed by atoms with E-state index in [1.165, 1.54) is 0 Å². The van der Waals surface area contributed by atoms with Crippen molar-refractivity contribution in [1.29, 1.82) is 0 Å². The standard InChI is InChI=1S/C20H26O4.C4H4O/c1-11-14-5-6-16-15(18(14)19(22)24-11)9-13(21)10-17-12(2)23-8-4-7-20(16,17)3;1-2-4-5-3-1/h4,7,9,11-12,14,16-18H,5-6,8,10H2,1-3H3;1-4H/t11-,12+,14?,16?,17?,18?,20+;/m0./s1. The zero-order valence-corrected chi connectivity index (χ0v) is 17.4. The molecule has 7 atom stereocenters. The SMILES string of the molecule is C[C@@H]1OC(=O)C2C3=CC(=O)CC4[C@@H](C)OCC=C[C@]4(C)C3CCC21.c1ccoc1. The lowest BCUT2D eigenvalue weighted by Gasteiger charge is -2.46. The molecule has 1 saturated heterocycles. The third-order valence-corrected chi connectivity index (χ3v) is 7.36. The van der Waals surface area contributed by atoms with Crippen molar-refractivity contribution in [2.45, 2.75) is 52.2 Å². The summed E-state index contributed by atoms with van der Waals surface area (Å²) in [5.74, 6) is 0.340. The van der Waals surface area contributed by atoms with Crippen LogP contribution >= 0.6 is 0 Å². The third-order valence-electron chi connectivity index (χ3n) is 7.36. The van der Waals surface area contributed by atoms with E-state index in [1.54, 1.807) is 18.6 Å². The number of ketones is 1. The van der Waals surface area contributed by atoms with Gasteiger partial charge in [-0.15, -0.1) is 0 Å². The van der Waals surface area contributed by atoms with E-state index in [2.05, 4.69) is 30.4 Å². The summed E-state index contributed by atoms with van der Waals surface area (Å²) in [5, 5.41) is 0. The van der Waals surface area contributed by atoms with Crippen LogP contribution in [-0.2, 0) is 19.1 Å². The minimum absolute atomic E-state index is 0.0360. The number of furan rings is 1. The van der Waals surface area contributed by atoms with Crippen LogP contribution in [0.4, 0.5) is 0 Å². The number of esters is 1. The number of allylic oxidation sites excluding steroid dienone is 2. The maximum Gasteiger partial charge on any atom is 0.313 e. The Labute approximate surface area is 172 Å². The summed E-state index contributed by atoms with van der Waals surface area (Å²) in [7, 11) is 0. The highest BCUT2D eigenvalue weighted by Crippen LogP contribution is 2.56. The lowest BCUT2D eigenvalue weighted by Crippen LogP contribution is -2.43. The number of carbonyl (C=O) groups is 2. The van der Waals surface area contributed by atoms with Gasteiger partial charge in [0, 0.05) is 18.3 Å². The van der Waals surface area contributed by atoms with E-state index in [4.69, 9.17) is 9.47 Å². The Balaban J connectivity index is 0.000000359. The molecule has 156 valence electrons. The van der Waals surface area contributed by atoms with Gasteiger partial charge < -0.3 is 13.9 Å². The maximum absolute atomic E-state index is 12.7. The minimum atomic E-state index is -0.230. The predicted molar refractivity (Wildman–Crippen MR) is 108 cm³/mol. The number of rotatable bonds is 0. The van der Waals surface area contributed by atoms with Crippen molar-refractivity contribution in [3.8, 4) is 0 Å². The van der Waals surface area contributed by atoms with E-state index in [-0.39, 0.29) is 53.0 Å². The van der Waals surface area contributed by atoms with Gasteiger partial charge >= 0.3 is 5.97 Å². The van der Waals surface area contributed by atoms with Gasteiger partial charge in [-0.05, 0) is 61.8 Å². The molecule has 4 unspecified atom stereocenters. The van der Waals surface area contributed by atoms with Crippen molar-refractivity contribution in [1.82, 2.24) is 0 Å². The quantitative estimate of drug-likeness (QED) is 0.480. The molecular formula is C24H30O5. The molecule has 2 fully saturated rings. The second kappa shape index (κ2) is 7.94. The van der Waals surface area contributed by atoms with Crippen molar-refractivity contribution < 1.29 is 23.5 Å². The molecule has 0 aromatic carbocycles. The van der Waals surface area contributed by atoms with Crippen molar-refractivity contribution in [3.05, 3.63) is 48.5 Å². The Kier molecular flexibility index (Phi) is 5.52. The molecule has 29 heavy (non-hydrogen) atoms. The topological polar surface area (TPSA) is 65.7 Å². The van der Waals surface area contributed by atoms with E-state index in [1.807, 2.05) is 19.1 Å². The van der Waals surface area contributed by atoms with E-state index in [9.17, 15) is 9.59 Å². The highest BCUT2D eigenvalue weighted by atomic mass is 16.6. The predicted octanol–water partition coefficient (Wildman–Crippen LogP) is 4.35. The molecule has 2 aliphatic carbocycles. The normalized spacial score (nSPS) is 40.9. The molecule has 0 amide bonds. The molecule has 1 aromatic heterocycles. The molecule has 5 nitrogen and oxygen atoms in total. The molecule has 1 aromatic rings. The number of cyclic esters (lactones) is 1. The summed E-state index contributed by atoms with van der Waals surface area (Å²) in [6, 6.07) is 3.67. The summed E-state index contributed by atoms with van der Waals surface area (Å²) in [4.78, 5) is 25.1. The lowest BCUT2D eigenvalue weighted by atomic mass is 9.57. The Morgan fingerprint density at radius 1 is 1.07 bits per heavy atom. The van der Waals surface area contributed by atoms with Crippen molar-refractivity contribution in [3.63, 3.8) is 0 Å². The molecule has 0 bridgehead atoms. The van der Waals surface area contributed by atoms with Gasteiger partial charge in [0.25, 0.3) is 0 Å². The highest BCUT2D eigenvalue weighted by molar-refractivity contribution is 5.93. The van der Waals surface area contributed by atoms with E-state index in [0.717, 1.165) is 18.4 Å². The van der Waals surface area contributed by atoms with Crippen molar-refractivity contribution in [2.24, 2.45) is 29.1 Å². The molecule has 0 N–H and O–H groups in total. The summed E-state index contributed by atoms with van der Waals surface area (Å²) in [6.45, 7) is 6.90. The Morgan fingerprint density at radius 2 is 1.83 bits per heavy atom. The van der Waals surface area contributed by atoms with Gasteiger partial charge in [-0.25, -0.2) is 0 Å². The number of carbonyl (C=O) groups excluding carboxylic acids is 2. The van der Waals surface area contributed by atoms with Gasteiger partial charge in [0.1, 0.15) is 6.10 Å². The van der Waals surface area contributed by atoms with Crippen LogP contribution in [-0.4, -0.2) is 30.6 Å². The number of fused-ring (bicyclic) bond motifs is 5. The molecule has 5 heteroatoms. The van der Waals surface area contributed by atoms with Crippen LogP contribution in [0.2, 0.25) is 0 Å². The van der Waals surface area contributed by atoms with E-state index in [0.29, 0.717) is 13.0 Å². The molecular weight excluding hydrogens is 368 g/mol. The molecule has 4 aliphatic rings. The molecule has 5 rings (SSSR count). The second-order valence-electron chi connectivity index (χ2n) is 8.93. The van der Waals surface area contributed by atoms with Crippen LogP contribution < -0.4 is 0 Å². The van der Waals surface area contributed by atoms with E-state index >= 15 is 0 Å². The third kappa shape index (κ3) is 3.61. The van der Waals surface area contributed by atoms with Gasteiger partial charge in [0.2, 0.25) is 0 Å². The van der Waals surface area contributed by atoms with Gasteiger partial charge in [0.15, 0.2) is 5.78 Å². The average Bonchev–Trinajstić information content (AvgIpc) is 3.30. The monoisotopic (exact) mass is 398 g/mol. The number of hydrogen-bond acceptors (Lipinski definition) is 5. The van der Waals surface area contributed by atoms with Crippen LogP contribution in [0.25, 0.3) is 0 Å². The van der Waals surface area contributed by atoms with Crippen molar-refractivity contribution >= 4 is 11.8 Å². The second-order valence-corrected chi connectivity index (χ2v) is 8.93. The first-order chi connectivity index (χ1) is 13.9. The fourth-order valence-electron chi connectivity index (χ4n) is 5.88. The Hall–Kier alpha value is -2.14. The van der Waals surface area contributed by atoms with E-state index < -0.39 is 0 Å². The van der Waals surface area contributed by atoms with Crippen LogP contribution in [0.15, 0.2) is 52.9 Å². The fourth-order valence-corrected chi connectivity index (χ4v) is 5.88. The summed E-state index contributed by atoms with van der Waals surface area (Å²) in [6.07, 6.45) is 11.8. The zero-order valence-electron chi connectivity index (χ0n) is 17.4. The fraction of sp³-hybridized carbons (Fsp3) is 0.583. The average molecular weight is 398 g/mol. The first kappa shape index (κ1) is 20.1. The molecule has 0 radical (unpaired) electrons. The van der Waals surface area contributed by atoms with Gasteiger partial charge in [-0.1, -0.05) is 19.1 Å². The molecule has 2 aliphatic heterocycles. The lowest BCUT2D eigenvalue weighted by molar-refractivity contribution is -0.143. The molecule has 3 heterocycles. The van der Waals surface area contributed by atoms with Crippen molar-refractivity contribution in [2.75, 3.05) is 6.61 Å².